The van der Waals surface area contributed by atoms with E-state index in [0.29, 0.717) is 49.7 Å². The molecule has 1 aromatic heterocycles. The normalized spacial score (nSPS) is 13.0. The number of ether oxygens (including phenoxy) is 2. The zero-order valence-corrected chi connectivity index (χ0v) is 20.9. The van der Waals surface area contributed by atoms with Crippen LogP contribution >= 0.6 is 23.8 Å². The molecular weight excluding hydrogens is 513 g/mol. The Balaban J connectivity index is 1.73. The van der Waals surface area contributed by atoms with Crippen molar-refractivity contribution in [1.82, 2.24) is 20.9 Å². The van der Waals surface area contributed by atoms with Crippen molar-refractivity contribution < 1.29 is 28.6 Å². The quantitative estimate of drug-likeness (QED) is 0.216. The fraction of sp³-hybridized carbons (Fsp3) is 0.304. The Morgan fingerprint density at radius 3 is 2.92 bits per heavy atom. The van der Waals surface area contributed by atoms with Crippen LogP contribution in [0.4, 0.5) is 14.9 Å². The zero-order valence-electron chi connectivity index (χ0n) is 19.3. The van der Waals surface area contributed by atoms with Crippen LogP contribution in [0.2, 0.25) is 5.02 Å². The molecule has 0 atom stereocenters. The third-order valence-corrected chi connectivity index (χ3v) is 5.79. The Morgan fingerprint density at radius 2 is 2.17 bits per heavy atom. The number of carbonyl (C=O) groups excluding carboxylic acids is 1. The molecule has 2 amide bonds. The summed E-state index contributed by atoms with van der Waals surface area (Å²) in [6, 6.07) is 4.38. The van der Waals surface area contributed by atoms with Gasteiger partial charge in [-0.25, -0.2) is 9.18 Å². The van der Waals surface area contributed by atoms with Crippen LogP contribution in [0, 0.1) is 5.82 Å². The Kier molecular flexibility index (Phi) is 9.65. The number of aromatic nitrogens is 1. The molecule has 13 heteroatoms. The van der Waals surface area contributed by atoms with Crippen molar-refractivity contribution in [3.05, 3.63) is 58.3 Å². The number of pyridine rings is 1. The number of rotatable bonds is 11. The molecule has 1 aromatic carbocycles. The number of carbonyl (C=O) groups is 2. The van der Waals surface area contributed by atoms with Crippen LogP contribution in [-0.2, 0) is 11.3 Å². The summed E-state index contributed by atoms with van der Waals surface area (Å²) in [5.41, 5.74) is 1.98. The minimum Gasteiger partial charge on any atom is -0.493 e. The van der Waals surface area contributed by atoms with E-state index in [1.54, 1.807) is 18.5 Å². The van der Waals surface area contributed by atoms with Gasteiger partial charge in [-0.15, -0.1) is 0 Å². The van der Waals surface area contributed by atoms with Crippen molar-refractivity contribution in [3.8, 4) is 11.5 Å². The van der Waals surface area contributed by atoms with Crippen molar-refractivity contribution in [2.45, 2.75) is 19.4 Å². The van der Waals surface area contributed by atoms with Gasteiger partial charge in [0.05, 0.1) is 31.2 Å². The Hall–Kier alpha value is -3.64. The number of amides is 2. The molecule has 0 radical (unpaired) electrons. The van der Waals surface area contributed by atoms with Gasteiger partial charge in [-0.2, -0.15) is 0 Å². The number of nitrogens with one attached hydrogen (secondary N) is 4. The van der Waals surface area contributed by atoms with E-state index in [1.807, 2.05) is 0 Å². The number of thiocarbonyl (C=S) groups is 1. The number of carboxylic acid groups (broad SMARTS) is 1. The largest absolute Gasteiger partial charge is 0.493 e. The Morgan fingerprint density at radius 1 is 1.36 bits per heavy atom. The first-order valence-electron chi connectivity index (χ1n) is 10.9. The maximum atomic E-state index is 13.8. The lowest BCUT2D eigenvalue weighted by Crippen LogP contribution is -2.39. The van der Waals surface area contributed by atoms with Gasteiger partial charge in [0, 0.05) is 43.5 Å². The molecule has 3 rings (SSSR count). The van der Waals surface area contributed by atoms with Gasteiger partial charge in [0.2, 0.25) is 0 Å². The van der Waals surface area contributed by atoms with Crippen LogP contribution in [0.1, 0.15) is 18.4 Å². The molecule has 0 aliphatic carbocycles. The van der Waals surface area contributed by atoms with E-state index in [4.69, 9.17) is 38.4 Å². The average molecular weight is 538 g/mol. The zero-order chi connectivity index (χ0) is 26.1. The molecule has 192 valence electrons. The molecular formula is C23H25ClFN5O5S. The highest BCUT2D eigenvalue weighted by molar-refractivity contribution is 7.81. The molecule has 36 heavy (non-hydrogen) atoms. The van der Waals surface area contributed by atoms with Gasteiger partial charge in [0.25, 0.3) is 5.91 Å². The van der Waals surface area contributed by atoms with Crippen LogP contribution in [0.15, 0.2) is 41.9 Å². The number of nitrogens with zero attached hydrogens (tertiary/aromatic N) is 1. The molecule has 0 spiro atoms. The van der Waals surface area contributed by atoms with Gasteiger partial charge in [0.1, 0.15) is 21.6 Å². The van der Waals surface area contributed by atoms with Crippen molar-refractivity contribution in [2.24, 2.45) is 0 Å². The Bertz CT molecular complexity index is 1180. The second-order valence-electron chi connectivity index (χ2n) is 7.53. The lowest BCUT2D eigenvalue weighted by molar-refractivity contribution is -0.117. The fourth-order valence-electron chi connectivity index (χ4n) is 3.42. The summed E-state index contributed by atoms with van der Waals surface area (Å²) >= 11 is 11.5. The maximum absolute atomic E-state index is 13.8. The SMILES string of the molecule is COc1c(NC(=S)C2=C(NCc3ccncc3OCCCNC(=O)O)CCNC2=O)ccc(F)c1Cl. The maximum Gasteiger partial charge on any atom is 0.404 e. The number of benzene rings is 1. The summed E-state index contributed by atoms with van der Waals surface area (Å²) < 4.78 is 24.8. The molecule has 10 nitrogen and oxygen atoms in total. The van der Waals surface area contributed by atoms with Gasteiger partial charge in [-0.1, -0.05) is 23.8 Å². The van der Waals surface area contributed by atoms with E-state index in [0.717, 1.165) is 5.56 Å². The number of hydrogen-bond donors (Lipinski definition) is 5. The molecule has 5 N–H and O–H groups in total. The van der Waals surface area contributed by atoms with E-state index in [1.165, 1.54) is 19.2 Å². The number of hydrogen-bond acceptors (Lipinski definition) is 7. The van der Waals surface area contributed by atoms with E-state index in [2.05, 4.69) is 26.3 Å². The molecule has 0 saturated carbocycles. The molecule has 1 aliphatic heterocycles. The molecule has 1 aliphatic rings. The van der Waals surface area contributed by atoms with Crippen LogP contribution in [0.3, 0.4) is 0 Å². The van der Waals surface area contributed by atoms with E-state index < -0.39 is 11.9 Å². The van der Waals surface area contributed by atoms with Crippen molar-refractivity contribution in [3.63, 3.8) is 0 Å². The second kappa shape index (κ2) is 12.9. The van der Waals surface area contributed by atoms with Gasteiger partial charge >= 0.3 is 6.09 Å². The minimum absolute atomic E-state index is 0.0717. The third kappa shape index (κ3) is 6.95. The van der Waals surface area contributed by atoms with Gasteiger partial charge in [-0.3, -0.25) is 9.78 Å². The highest BCUT2D eigenvalue weighted by Crippen LogP contribution is 2.35. The summed E-state index contributed by atoms with van der Waals surface area (Å²) in [5.74, 6) is -0.391. The molecule has 0 fully saturated rings. The molecule has 2 heterocycles. The van der Waals surface area contributed by atoms with Gasteiger partial charge in [0.15, 0.2) is 5.75 Å². The summed E-state index contributed by atoms with van der Waals surface area (Å²) in [7, 11) is 1.35. The highest BCUT2D eigenvalue weighted by atomic mass is 35.5. The summed E-state index contributed by atoms with van der Waals surface area (Å²) in [6.07, 6.45) is 3.10. The summed E-state index contributed by atoms with van der Waals surface area (Å²) in [5, 5.41) is 19.7. The predicted molar refractivity (Wildman–Crippen MR) is 136 cm³/mol. The van der Waals surface area contributed by atoms with E-state index in [-0.39, 0.29) is 33.8 Å². The van der Waals surface area contributed by atoms with Gasteiger partial charge < -0.3 is 35.8 Å². The van der Waals surface area contributed by atoms with Crippen LogP contribution < -0.4 is 30.7 Å². The van der Waals surface area contributed by atoms with Crippen LogP contribution in [0.5, 0.6) is 11.5 Å². The van der Waals surface area contributed by atoms with Gasteiger partial charge in [-0.05, 0) is 24.6 Å². The van der Waals surface area contributed by atoms with Crippen LogP contribution in [-0.4, -0.2) is 53.9 Å². The van der Waals surface area contributed by atoms with Crippen molar-refractivity contribution in [2.75, 3.05) is 32.1 Å². The number of halogens is 2. The topological polar surface area (TPSA) is 134 Å². The third-order valence-electron chi connectivity index (χ3n) is 5.14. The highest BCUT2D eigenvalue weighted by Gasteiger charge is 2.25. The first-order chi connectivity index (χ1) is 17.3. The lowest BCUT2D eigenvalue weighted by Gasteiger charge is -2.24. The first-order valence-corrected chi connectivity index (χ1v) is 11.7. The summed E-state index contributed by atoms with van der Waals surface area (Å²) in [6.45, 7) is 1.31. The average Bonchev–Trinajstić information content (AvgIpc) is 2.85. The lowest BCUT2D eigenvalue weighted by atomic mass is 10.1. The molecule has 0 bridgehead atoms. The second-order valence-corrected chi connectivity index (χ2v) is 8.31. The minimum atomic E-state index is -1.09. The Labute approximate surface area is 217 Å². The summed E-state index contributed by atoms with van der Waals surface area (Å²) in [4.78, 5) is 27.4. The standard InChI is InChI=1S/C23H25ClFN5O5S/c1-34-20-16(4-3-14(25)19(20)24)30-22(36)18-15(6-9-27-21(18)31)29-11-13-5-8-26-12-17(13)35-10-2-7-28-23(32)33/h3-5,8,12,28-29H,2,6-7,9-11H2,1H3,(H,27,31)(H,30,36)(H,32,33). The van der Waals surface area contributed by atoms with E-state index >= 15 is 0 Å². The predicted octanol–water partition coefficient (Wildman–Crippen LogP) is 3.22. The molecule has 2 aromatic rings. The smallest absolute Gasteiger partial charge is 0.404 e. The number of methoxy groups -OCH3 is 1. The van der Waals surface area contributed by atoms with Crippen molar-refractivity contribution >= 4 is 46.5 Å². The molecule has 0 saturated heterocycles. The van der Waals surface area contributed by atoms with Crippen LogP contribution in [0.25, 0.3) is 0 Å². The fourth-order valence-corrected chi connectivity index (χ4v) is 3.99. The monoisotopic (exact) mass is 537 g/mol. The van der Waals surface area contributed by atoms with E-state index in [9.17, 15) is 14.0 Å². The molecule has 0 unspecified atom stereocenters. The first kappa shape index (κ1) is 27.0. The number of anilines is 1. The van der Waals surface area contributed by atoms with Crippen molar-refractivity contribution in [1.29, 1.82) is 0 Å².